The number of β-amino-alcohol motifs (C(OH)–C–C–N with tert-alkyl or cyclic N) is 1. The van der Waals surface area contributed by atoms with E-state index in [0.29, 0.717) is 45.0 Å². The van der Waals surface area contributed by atoms with Crippen LogP contribution in [0.3, 0.4) is 0 Å². The lowest BCUT2D eigenvalue weighted by Crippen LogP contribution is -2.49. The Hall–Kier alpha value is -2.04. The van der Waals surface area contributed by atoms with E-state index in [1.165, 1.54) is 15.6 Å². The molecule has 1 N–H and O–H groups in total. The molecular formula is C20H24N4O3S2. The van der Waals surface area contributed by atoms with Gasteiger partial charge < -0.3 is 5.11 Å². The Labute approximate surface area is 174 Å². The van der Waals surface area contributed by atoms with Gasteiger partial charge >= 0.3 is 0 Å². The molecule has 1 aliphatic rings. The number of aliphatic hydroxyl groups is 1. The van der Waals surface area contributed by atoms with E-state index in [1.807, 2.05) is 47.8 Å². The normalized spacial score (nSPS) is 16.3. The Balaban J connectivity index is 1.64. The third-order valence-electron chi connectivity index (χ3n) is 5.04. The van der Waals surface area contributed by atoms with E-state index < -0.39 is 10.0 Å². The molecule has 0 unspecified atom stereocenters. The second-order valence-electron chi connectivity index (χ2n) is 6.97. The number of hydrogen-bond acceptors (Lipinski definition) is 6. The summed E-state index contributed by atoms with van der Waals surface area (Å²) in [5.74, 6) is 0. The van der Waals surface area contributed by atoms with Crippen LogP contribution < -0.4 is 0 Å². The van der Waals surface area contributed by atoms with Crippen molar-refractivity contribution in [2.75, 3.05) is 39.3 Å². The Bertz CT molecular complexity index is 1030. The largest absolute Gasteiger partial charge is 0.395 e. The van der Waals surface area contributed by atoms with Gasteiger partial charge in [0.2, 0.25) is 10.0 Å². The molecule has 3 aromatic rings. The van der Waals surface area contributed by atoms with Crippen LogP contribution in [0, 0.1) is 0 Å². The first kappa shape index (κ1) is 20.2. The van der Waals surface area contributed by atoms with E-state index in [9.17, 15) is 8.42 Å². The number of nitrogens with zero attached hydrogens (tertiary/aromatic N) is 4. The molecule has 154 valence electrons. The van der Waals surface area contributed by atoms with Crippen molar-refractivity contribution < 1.29 is 13.5 Å². The fraction of sp³-hybridized carbons (Fsp3) is 0.350. The summed E-state index contributed by atoms with van der Waals surface area (Å²) in [5.41, 5.74) is 1.57. The highest BCUT2D eigenvalue weighted by molar-refractivity contribution is 7.89. The van der Waals surface area contributed by atoms with Crippen molar-refractivity contribution in [1.29, 1.82) is 0 Å². The maximum Gasteiger partial charge on any atom is 0.246 e. The number of hydrogen-bond donors (Lipinski definition) is 1. The first-order chi connectivity index (χ1) is 14.1. The third kappa shape index (κ3) is 4.44. The molecule has 4 rings (SSSR count). The summed E-state index contributed by atoms with van der Waals surface area (Å²) in [6.45, 7) is 3.23. The van der Waals surface area contributed by atoms with Gasteiger partial charge in [-0.05, 0) is 17.0 Å². The van der Waals surface area contributed by atoms with Crippen LogP contribution in [-0.4, -0.2) is 71.8 Å². The van der Waals surface area contributed by atoms with Gasteiger partial charge in [0.15, 0.2) is 0 Å². The number of sulfonamides is 1. The molecule has 3 heterocycles. The quantitative estimate of drug-likeness (QED) is 0.618. The summed E-state index contributed by atoms with van der Waals surface area (Å²) in [7, 11) is -3.66. The predicted octanol–water partition coefficient (Wildman–Crippen LogP) is 1.96. The molecule has 1 aliphatic heterocycles. The second kappa shape index (κ2) is 8.76. The topological polar surface area (TPSA) is 78.7 Å². The highest BCUT2D eigenvalue weighted by Crippen LogP contribution is 2.32. The Morgan fingerprint density at radius 1 is 1.03 bits per heavy atom. The third-order valence-corrected chi connectivity index (χ3v) is 7.81. The van der Waals surface area contributed by atoms with Crippen molar-refractivity contribution in [3.05, 3.63) is 59.6 Å². The van der Waals surface area contributed by atoms with Gasteiger partial charge in [-0.3, -0.25) is 9.58 Å². The molecule has 0 bridgehead atoms. The zero-order valence-electron chi connectivity index (χ0n) is 16.0. The number of aromatic nitrogens is 2. The van der Waals surface area contributed by atoms with Crippen molar-refractivity contribution in [3.8, 4) is 10.6 Å². The maximum atomic E-state index is 13.4. The Kier molecular flexibility index (Phi) is 6.12. The minimum absolute atomic E-state index is 0.0849. The molecule has 0 aliphatic carbocycles. The van der Waals surface area contributed by atoms with Gasteiger partial charge in [-0.15, -0.1) is 11.3 Å². The van der Waals surface area contributed by atoms with Crippen molar-refractivity contribution in [2.24, 2.45) is 0 Å². The first-order valence-corrected chi connectivity index (χ1v) is 11.9. The Morgan fingerprint density at radius 2 is 1.79 bits per heavy atom. The van der Waals surface area contributed by atoms with E-state index in [1.54, 1.807) is 10.9 Å². The SMILES string of the molecule is O=S(=O)(c1cn(Cc2ccccc2)nc1-c1cccs1)N1CCN(CCO)CC1. The van der Waals surface area contributed by atoms with E-state index in [-0.39, 0.29) is 11.5 Å². The van der Waals surface area contributed by atoms with Crippen molar-refractivity contribution in [2.45, 2.75) is 11.4 Å². The van der Waals surface area contributed by atoms with Crippen LogP contribution in [0.4, 0.5) is 0 Å². The van der Waals surface area contributed by atoms with Gasteiger partial charge in [0.25, 0.3) is 0 Å². The summed E-state index contributed by atoms with van der Waals surface area (Å²) in [4.78, 5) is 3.17. The van der Waals surface area contributed by atoms with Gasteiger partial charge in [0, 0.05) is 38.9 Å². The second-order valence-corrected chi connectivity index (χ2v) is 9.83. The lowest BCUT2D eigenvalue weighted by molar-refractivity contribution is 0.151. The monoisotopic (exact) mass is 432 g/mol. The molecule has 0 atom stereocenters. The lowest BCUT2D eigenvalue weighted by atomic mass is 10.2. The molecule has 9 heteroatoms. The standard InChI is InChI=1S/C20H24N4O3S2/c25-13-12-22-8-10-24(11-9-22)29(26,27)19-16-23(15-17-5-2-1-3-6-17)21-20(19)18-7-4-14-28-18/h1-7,14,16,25H,8-13,15H2. The van der Waals surface area contributed by atoms with Crippen LogP contribution in [0.5, 0.6) is 0 Å². The minimum atomic E-state index is -3.66. The molecule has 1 fully saturated rings. The predicted molar refractivity (Wildman–Crippen MR) is 113 cm³/mol. The average molecular weight is 433 g/mol. The molecule has 29 heavy (non-hydrogen) atoms. The minimum Gasteiger partial charge on any atom is -0.395 e. The van der Waals surface area contributed by atoms with Gasteiger partial charge in [-0.2, -0.15) is 9.40 Å². The average Bonchev–Trinajstić information content (AvgIpc) is 3.39. The molecule has 0 spiro atoms. The van der Waals surface area contributed by atoms with Crippen LogP contribution in [0.2, 0.25) is 0 Å². The summed E-state index contributed by atoms with van der Waals surface area (Å²) in [6.07, 6.45) is 1.65. The van der Waals surface area contributed by atoms with Crippen LogP contribution >= 0.6 is 11.3 Å². The van der Waals surface area contributed by atoms with Crippen LogP contribution in [0.1, 0.15) is 5.56 Å². The number of rotatable bonds is 7. The van der Waals surface area contributed by atoms with Crippen molar-refractivity contribution >= 4 is 21.4 Å². The molecule has 1 aromatic carbocycles. The van der Waals surface area contributed by atoms with Gasteiger partial charge in [-0.25, -0.2) is 8.42 Å². The van der Waals surface area contributed by atoms with E-state index in [2.05, 4.69) is 10.00 Å². The molecule has 1 saturated heterocycles. The summed E-state index contributed by atoms with van der Waals surface area (Å²) >= 11 is 1.48. The van der Waals surface area contributed by atoms with Crippen molar-refractivity contribution in [1.82, 2.24) is 19.0 Å². The molecule has 0 radical (unpaired) electrons. The van der Waals surface area contributed by atoms with Crippen LogP contribution in [0.25, 0.3) is 10.6 Å². The summed E-state index contributed by atoms with van der Waals surface area (Å²) < 4.78 is 30.1. The van der Waals surface area contributed by atoms with Gasteiger partial charge in [-0.1, -0.05) is 36.4 Å². The highest BCUT2D eigenvalue weighted by atomic mass is 32.2. The number of benzene rings is 1. The zero-order valence-corrected chi connectivity index (χ0v) is 17.6. The van der Waals surface area contributed by atoms with Gasteiger partial charge in [0.05, 0.1) is 18.0 Å². The summed E-state index contributed by atoms with van der Waals surface area (Å²) in [5, 5.41) is 15.7. The number of piperazine rings is 1. The molecule has 0 saturated carbocycles. The van der Waals surface area contributed by atoms with Crippen LogP contribution in [-0.2, 0) is 16.6 Å². The van der Waals surface area contributed by atoms with Gasteiger partial charge in [0.1, 0.15) is 10.6 Å². The lowest BCUT2D eigenvalue weighted by Gasteiger charge is -2.33. The molecule has 2 aromatic heterocycles. The number of aliphatic hydroxyl groups excluding tert-OH is 1. The highest BCUT2D eigenvalue weighted by Gasteiger charge is 2.32. The summed E-state index contributed by atoms with van der Waals surface area (Å²) in [6, 6.07) is 13.7. The van der Waals surface area contributed by atoms with Crippen LogP contribution in [0.15, 0.2) is 58.9 Å². The zero-order chi connectivity index (χ0) is 20.3. The molecule has 7 nitrogen and oxygen atoms in total. The smallest absolute Gasteiger partial charge is 0.246 e. The maximum absolute atomic E-state index is 13.4. The van der Waals surface area contributed by atoms with Crippen molar-refractivity contribution in [3.63, 3.8) is 0 Å². The Morgan fingerprint density at radius 3 is 2.45 bits per heavy atom. The van der Waals surface area contributed by atoms with E-state index in [0.717, 1.165) is 10.4 Å². The molecule has 0 amide bonds. The van der Waals surface area contributed by atoms with E-state index in [4.69, 9.17) is 5.11 Å². The van der Waals surface area contributed by atoms with E-state index >= 15 is 0 Å². The first-order valence-electron chi connectivity index (χ1n) is 9.56. The number of thiophene rings is 1. The fourth-order valence-corrected chi connectivity index (χ4v) is 5.86. The molecular weight excluding hydrogens is 408 g/mol. The fourth-order valence-electron chi connectivity index (χ4n) is 3.50.